The first-order valence-electron chi connectivity index (χ1n) is 16.8. The number of rotatable bonds is 3. The Labute approximate surface area is 283 Å². The quantitative estimate of drug-likeness (QED) is 0.343. The summed E-state index contributed by atoms with van der Waals surface area (Å²) in [5, 5.41) is 11.4. The highest BCUT2D eigenvalue weighted by molar-refractivity contribution is 5.96. The molecule has 2 aromatic heterocycles. The van der Waals surface area contributed by atoms with Crippen molar-refractivity contribution in [2.45, 2.75) is 59.0 Å². The van der Waals surface area contributed by atoms with Gasteiger partial charge in [0.1, 0.15) is 24.8 Å². The van der Waals surface area contributed by atoms with Crippen molar-refractivity contribution in [2.24, 2.45) is 0 Å². The predicted octanol–water partition coefficient (Wildman–Crippen LogP) is 4.25. The number of benzene rings is 2. The van der Waals surface area contributed by atoms with Gasteiger partial charge in [-0.1, -0.05) is 11.2 Å². The molecular weight excluding hydrogens is 631 g/mol. The molecule has 4 aromatic rings. The zero-order valence-corrected chi connectivity index (χ0v) is 27.7. The SMILES string of the molecule is Cc1noc(C)c1CC(=O)N1CCOc2c(cc3cc2OCCN(C(=O)c2cc4n(n2)CCC4)CCCCNC(=O)c2cc-3ccc2F)C1. The largest absolute Gasteiger partial charge is 0.488 e. The molecule has 0 spiro atoms. The molecule has 0 fully saturated rings. The number of aryl methyl sites for hydroxylation is 4. The van der Waals surface area contributed by atoms with Crippen LogP contribution < -0.4 is 14.8 Å². The summed E-state index contributed by atoms with van der Waals surface area (Å²) in [4.78, 5) is 43.8. The number of hydrogen-bond acceptors (Lipinski definition) is 8. The highest BCUT2D eigenvalue weighted by Gasteiger charge is 2.27. The standard InChI is InChI=1S/C36H39FN6O6/c1-22-28(23(2)49-40-22)20-33(44)42-13-15-48-34-26(21-42)16-25-18-32(34)47-14-12-41(36(46)31-19-27-6-5-11-43(27)39-31)10-4-3-9-38-35(45)29-17-24(25)7-8-30(29)37/h7-8,16-19H,3-6,9-15,20-21H2,1-2H3,(H,38,45). The third kappa shape index (κ3) is 6.74. The summed E-state index contributed by atoms with van der Waals surface area (Å²) in [7, 11) is 0. The molecule has 0 unspecified atom stereocenters. The monoisotopic (exact) mass is 670 g/mol. The van der Waals surface area contributed by atoms with Gasteiger partial charge in [0.15, 0.2) is 17.2 Å². The van der Waals surface area contributed by atoms with E-state index >= 15 is 0 Å². The molecule has 5 heterocycles. The molecule has 49 heavy (non-hydrogen) atoms. The molecular formula is C36H39FN6O6. The number of aromatic nitrogens is 3. The van der Waals surface area contributed by atoms with E-state index < -0.39 is 11.7 Å². The number of carbonyl (C=O) groups is 3. The Morgan fingerprint density at radius 3 is 2.59 bits per heavy atom. The van der Waals surface area contributed by atoms with E-state index in [-0.39, 0.29) is 43.6 Å². The van der Waals surface area contributed by atoms with E-state index in [1.165, 1.54) is 12.1 Å². The van der Waals surface area contributed by atoms with Crippen molar-refractivity contribution in [1.82, 2.24) is 30.1 Å². The Hall–Kier alpha value is -5.20. The fraction of sp³-hybridized carbons (Fsp3) is 0.417. The van der Waals surface area contributed by atoms with Crippen LogP contribution in [0.5, 0.6) is 11.5 Å². The van der Waals surface area contributed by atoms with Gasteiger partial charge < -0.3 is 29.1 Å². The van der Waals surface area contributed by atoms with Gasteiger partial charge in [0.2, 0.25) is 5.91 Å². The second-order valence-corrected chi connectivity index (χ2v) is 12.8. The molecule has 3 aliphatic rings. The third-order valence-electron chi connectivity index (χ3n) is 9.44. The van der Waals surface area contributed by atoms with Gasteiger partial charge >= 0.3 is 0 Å². The molecule has 256 valence electrons. The molecule has 0 aliphatic carbocycles. The lowest BCUT2D eigenvalue weighted by atomic mass is 9.99. The van der Waals surface area contributed by atoms with Crippen LogP contribution in [0.3, 0.4) is 0 Å². The fourth-order valence-corrected chi connectivity index (χ4v) is 6.70. The second kappa shape index (κ2) is 13.7. The number of nitrogens with one attached hydrogen (secondary N) is 1. The molecule has 0 saturated heterocycles. The van der Waals surface area contributed by atoms with Crippen LogP contribution in [0, 0.1) is 19.7 Å². The molecule has 13 heteroatoms. The molecule has 2 aromatic carbocycles. The van der Waals surface area contributed by atoms with Crippen molar-refractivity contribution in [3.63, 3.8) is 0 Å². The lowest BCUT2D eigenvalue weighted by Crippen LogP contribution is -2.36. The summed E-state index contributed by atoms with van der Waals surface area (Å²) in [5.74, 6) is 0.117. The van der Waals surface area contributed by atoms with Crippen LogP contribution in [0.15, 0.2) is 40.9 Å². The Morgan fingerprint density at radius 2 is 1.78 bits per heavy atom. The Balaban J connectivity index is 1.21. The van der Waals surface area contributed by atoms with Crippen LogP contribution in [0.4, 0.5) is 4.39 Å². The summed E-state index contributed by atoms with van der Waals surface area (Å²) in [6, 6.07) is 9.98. The van der Waals surface area contributed by atoms with E-state index in [1.807, 2.05) is 23.7 Å². The van der Waals surface area contributed by atoms with Gasteiger partial charge in [-0.3, -0.25) is 19.1 Å². The van der Waals surface area contributed by atoms with Gasteiger partial charge in [0.05, 0.1) is 30.8 Å². The Bertz CT molecular complexity index is 1880. The molecule has 0 saturated carbocycles. The first kappa shape index (κ1) is 32.4. The minimum Gasteiger partial charge on any atom is -0.488 e. The van der Waals surface area contributed by atoms with E-state index in [1.54, 1.807) is 28.9 Å². The van der Waals surface area contributed by atoms with Crippen LogP contribution in [0.25, 0.3) is 11.1 Å². The Kier molecular flexibility index (Phi) is 9.07. The van der Waals surface area contributed by atoms with Crippen molar-refractivity contribution < 1.29 is 32.8 Å². The lowest BCUT2D eigenvalue weighted by Gasteiger charge is -2.23. The minimum atomic E-state index is -0.628. The molecule has 7 rings (SSSR count). The van der Waals surface area contributed by atoms with Crippen LogP contribution in [0.1, 0.15) is 68.4 Å². The molecule has 0 atom stereocenters. The number of amides is 3. The van der Waals surface area contributed by atoms with Crippen molar-refractivity contribution in [2.75, 3.05) is 39.4 Å². The maximum atomic E-state index is 14.9. The Morgan fingerprint density at radius 1 is 0.939 bits per heavy atom. The van der Waals surface area contributed by atoms with Gasteiger partial charge in [0, 0.05) is 43.0 Å². The van der Waals surface area contributed by atoms with E-state index in [2.05, 4.69) is 15.6 Å². The molecule has 1 N–H and O–H groups in total. The summed E-state index contributed by atoms with van der Waals surface area (Å²) in [5.41, 5.74) is 4.81. The maximum absolute atomic E-state index is 14.9. The highest BCUT2D eigenvalue weighted by atomic mass is 19.1. The zero-order chi connectivity index (χ0) is 34.1. The molecule has 3 aliphatic heterocycles. The van der Waals surface area contributed by atoms with E-state index in [0.717, 1.165) is 30.6 Å². The summed E-state index contributed by atoms with van der Waals surface area (Å²) in [6.45, 7) is 6.48. The van der Waals surface area contributed by atoms with Gasteiger partial charge in [0.25, 0.3) is 11.8 Å². The number of nitrogens with zero attached hydrogens (tertiary/aromatic N) is 5. The number of fused-ring (bicyclic) bond motifs is 8. The fourth-order valence-electron chi connectivity index (χ4n) is 6.70. The topological polar surface area (TPSA) is 132 Å². The smallest absolute Gasteiger partial charge is 0.274 e. The molecule has 0 radical (unpaired) electrons. The highest BCUT2D eigenvalue weighted by Crippen LogP contribution is 2.39. The molecule has 12 nitrogen and oxygen atoms in total. The maximum Gasteiger partial charge on any atom is 0.274 e. The van der Waals surface area contributed by atoms with Crippen molar-refractivity contribution in [3.05, 3.63) is 81.7 Å². The summed E-state index contributed by atoms with van der Waals surface area (Å²) < 4.78 is 34.7. The average molecular weight is 671 g/mol. The average Bonchev–Trinajstić information content (AvgIpc) is 3.74. The van der Waals surface area contributed by atoms with Gasteiger partial charge in [-0.25, -0.2) is 4.39 Å². The zero-order valence-electron chi connectivity index (χ0n) is 27.7. The first-order valence-corrected chi connectivity index (χ1v) is 16.8. The van der Waals surface area contributed by atoms with Crippen molar-refractivity contribution in [3.8, 4) is 22.6 Å². The number of carbonyl (C=O) groups excluding carboxylic acids is 3. The van der Waals surface area contributed by atoms with E-state index in [4.69, 9.17) is 14.0 Å². The van der Waals surface area contributed by atoms with Crippen molar-refractivity contribution >= 4 is 17.7 Å². The van der Waals surface area contributed by atoms with Crippen LogP contribution in [-0.4, -0.2) is 81.9 Å². The first-order chi connectivity index (χ1) is 23.7. The minimum absolute atomic E-state index is 0.0702. The number of halogens is 1. The summed E-state index contributed by atoms with van der Waals surface area (Å²) in [6.07, 6.45) is 3.28. The van der Waals surface area contributed by atoms with Crippen LogP contribution in [-0.2, 0) is 30.7 Å². The summed E-state index contributed by atoms with van der Waals surface area (Å²) >= 11 is 0. The van der Waals surface area contributed by atoms with Crippen LogP contribution in [0.2, 0.25) is 0 Å². The third-order valence-corrected chi connectivity index (χ3v) is 9.44. The molecule has 4 bridgehead atoms. The number of hydrogen-bond donors (Lipinski definition) is 1. The lowest BCUT2D eigenvalue weighted by molar-refractivity contribution is -0.131. The second-order valence-electron chi connectivity index (χ2n) is 12.8. The van der Waals surface area contributed by atoms with Crippen LogP contribution >= 0.6 is 0 Å². The van der Waals surface area contributed by atoms with Gasteiger partial charge in [-0.15, -0.1) is 0 Å². The van der Waals surface area contributed by atoms with E-state index in [9.17, 15) is 18.8 Å². The van der Waals surface area contributed by atoms with Gasteiger partial charge in [-0.2, -0.15) is 5.10 Å². The van der Waals surface area contributed by atoms with Gasteiger partial charge in [-0.05, 0) is 81.0 Å². The molecule has 3 amide bonds. The predicted molar refractivity (Wildman–Crippen MR) is 176 cm³/mol. The van der Waals surface area contributed by atoms with E-state index in [0.29, 0.717) is 84.4 Å². The number of ether oxygens (including phenoxy) is 2. The normalized spacial score (nSPS) is 16.6. The van der Waals surface area contributed by atoms with Crippen molar-refractivity contribution in [1.29, 1.82) is 0 Å².